The number of hydrogen-bond acceptors (Lipinski definition) is 10. The van der Waals surface area contributed by atoms with Crippen LogP contribution in [0.25, 0.3) is 10.9 Å². The third kappa shape index (κ3) is 8.56. The van der Waals surface area contributed by atoms with Crippen molar-refractivity contribution in [1.29, 1.82) is 0 Å². The molecule has 0 radical (unpaired) electrons. The molecule has 1 N–H and O–H groups in total. The number of amides is 1. The molecule has 0 bridgehead atoms. The van der Waals surface area contributed by atoms with Crippen molar-refractivity contribution < 1.29 is 19.0 Å². The first-order valence-corrected chi connectivity index (χ1v) is 14.4. The van der Waals surface area contributed by atoms with Gasteiger partial charge in [0.25, 0.3) is 0 Å². The topological polar surface area (TPSA) is 123 Å². The molecule has 0 atom stereocenters. The molecule has 12 heteroatoms. The third-order valence-corrected chi connectivity index (χ3v) is 7.22. The molecular weight excluding hydrogens is 542 g/mol. The standard InChI is InChI=1S/C29H33N7O4S/c1-20-16-23(19-39-18-20)33-35-34-28-26-9-6-24(40-13-3-10-36-11-14-38-15-12-36)17-27(26)31-29(32-28)41-25-7-4-22(5-8-25)30-21(2)37/h4-9,17-18H,3,10-16,19H2,1-2H3,(H,30,37). The number of anilines is 1. The smallest absolute Gasteiger partial charge is 0.221 e. The number of allylic oxidation sites excluding steroid dienone is 1. The lowest BCUT2D eigenvalue weighted by molar-refractivity contribution is -0.114. The monoisotopic (exact) mass is 575 g/mol. The Balaban J connectivity index is 1.34. The zero-order valence-electron chi connectivity index (χ0n) is 23.2. The van der Waals surface area contributed by atoms with Crippen LogP contribution in [-0.4, -0.2) is 72.5 Å². The van der Waals surface area contributed by atoms with Crippen LogP contribution in [-0.2, 0) is 14.3 Å². The number of aromatic nitrogens is 2. The van der Waals surface area contributed by atoms with Crippen molar-refractivity contribution >= 4 is 45.8 Å². The summed E-state index contributed by atoms with van der Waals surface area (Å²) in [5.74, 6) is 1.03. The molecule has 11 nitrogen and oxygen atoms in total. The van der Waals surface area contributed by atoms with Crippen LogP contribution >= 0.6 is 11.8 Å². The first-order chi connectivity index (χ1) is 20.0. The van der Waals surface area contributed by atoms with Gasteiger partial charge < -0.3 is 19.5 Å². The molecule has 214 valence electrons. The van der Waals surface area contributed by atoms with Crippen LogP contribution in [0, 0.1) is 0 Å². The fraction of sp³-hybridized carbons (Fsp3) is 0.379. The molecule has 0 aliphatic carbocycles. The molecule has 0 unspecified atom stereocenters. The maximum Gasteiger partial charge on any atom is 0.221 e. The second-order valence-corrected chi connectivity index (χ2v) is 10.8. The normalized spacial score (nSPS) is 17.0. The zero-order chi connectivity index (χ0) is 28.4. The van der Waals surface area contributed by atoms with E-state index < -0.39 is 0 Å². The first kappa shape index (κ1) is 28.7. The molecule has 1 fully saturated rings. The number of morpholine rings is 1. The van der Waals surface area contributed by atoms with Crippen molar-refractivity contribution in [3.05, 3.63) is 54.3 Å². The summed E-state index contributed by atoms with van der Waals surface area (Å²) in [6.07, 6.45) is 3.36. The zero-order valence-corrected chi connectivity index (χ0v) is 24.0. The Labute approximate surface area is 243 Å². The van der Waals surface area contributed by atoms with E-state index in [0.29, 0.717) is 36.1 Å². The lowest BCUT2D eigenvalue weighted by atomic mass is 10.1. The molecule has 5 rings (SSSR count). The molecule has 2 aromatic carbocycles. The van der Waals surface area contributed by atoms with Gasteiger partial charge in [0.2, 0.25) is 5.91 Å². The maximum atomic E-state index is 11.3. The van der Waals surface area contributed by atoms with E-state index in [1.807, 2.05) is 49.4 Å². The van der Waals surface area contributed by atoms with Gasteiger partial charge in [-0.25, -0.2) is 9.97 Å². The van der Waals surface area contributed by atoms with Crippen molar-refractivity contribution in [1.82, 2.24) is 14.9 Å². The predicted octanol–water partition coefficient (Wildman–Crippen LogP) is 5.60. The number of carbonyl (C=O) groups excluding carboxylic acids is 1. The van der Waals surface area contributed by atoms with Crippen LogP contribution in [0.15, 0.2) is 79.8 Å². The van der Waals surface area contributed by atoms with E-state index in [9.17, 15) is 4.79 Å². The van der Waals surface area contributed by atoms with E-state index in [1.54, 1.807) is 6.26 Å². The summed E-state index contributed by atoms with van der Waals surface area (Å²) >= 11 is 1.39. The van der Waals surface area contributed by atoms with E-state index in [4.69, 9.17) is 19.2 Å². The van der Waals surface area contributed by atoms with Gasteiger partial charge in [-0.15, -0.1) is 10.2 Å². The minimum atomic E-state index is -0.119. The Hall–Kier alpha value is -3.87. The Morgan fingerprint density at radius 3 is 2.76 bits per heavy atom. The minimum absolute atomic E-state index is 0.119. The minimum Gasteiger partial charge on any atom is -0.495 e. The van der Waals surface area contributed by atoms with E-state index in [-0.39, 0.29) is 5.91 Å². The fourth-order valence-corrected chi connectivity index (χ4v) is 5.15. The maximum absolute atomic E-state index is 11.3. The van der Waals surface area contributed by atoms with Crippen molar-refractivity contribution in [2.24, 2.45) is 15.4 Å². The van der Waals surface area contributed by atoms with E-state index in [0.717, 1.165) is 72.3 Å². The first-order valence-electron chi connectivity index (χ1n) is 13.6. The summed E-state index contributed by atoms with van der Waals surface area (Å²) in [5, 5.41) is 16.7. The number of hydrogen-bond donors (Lipinski definition) is 1. The Kier molecular flexibility index (Phi) is 9.89. The van der Waals surface area contributed by atoms with Crippen LogP contribution in [0.3, 0.4) is 0 Å². The Morgan fingerprint density at radius 2 is 1.98 bits per heavy atom. The third-order valence-electron chi connectivity index (χ3n) is 6.35. The molecule has 3 aromatic rings. The summed E-state index contributed by atoms with van der Waals surface area (Å²) in [5.41, 5.74) is 3.30. The van der Waals surface area contributed by atoms with Gasteiger partial charge in [-0.1, -0.05) is 0 Å². The highest BCUT2D eigenvalue weighted by Crippen LogP contribution is 2.33. The molecular formula is C29H33N7O4S. The highest BCUT2D eigenvalue weighted by atomic mass is 32.2. The van der Waals surface area contributed by atoms with Gasteiger partial charge in [0.05, 0.1) is 37.3 Å². The second-order valence-electron chi connectivity index (χ2n) is 9.78. The Morgan fingerprint density at radius 1 is 1.15 bits per heavy atom. The number of benzene rings is 2. The number of ether oxygens (including phenoxy) is 3. The van der Waals surface area contributed by atoms with Crippen molar-refractivity contribution in [2.45, 2.75) is 36.7 Å². The second kappa shape index (κ2) is 14.2. The molecule has 1 aromatic heterocycles. The SMILES string of the molecule is CC(=O)Nc1ccc(Sc2nc(N=NN=C3COC=C(C)C3)c3ccc(OCCCN4CCOCC4)cc3n2)cc1. The average molecular weight is 576 g/mol. The number of nitrogens with zero attached hydrogens (tertiary/aromatic N) is 6. The molecule has 0 spiro atoms. The summed E-state index contributed by atoms with van der Waals surface area (Å²) in [7, 11) is 0. The molecule has 1 saturated heterocycles. The van der Waals surface area contributed by atoms with Crippen molar-refractivity contribution in [2.75, 3.05) is 51.4 Å². The van der Waals surface area contributed by atoms with Gasteiger partial charge in [-0.2, -0.15) is 0 Å². The van der Waals surface area contributed by atoms with Crippen LogP contribution in [0.5, 0.6) is 5.75 Å². The summed E-state index contributed by atoms with van der Waals surface area (Å²) in [6.45, 7) is 8.97. The molecule has 0 saturated carbocycles. The van der Waals surface area contributed by atoms with Crippen LogP contribution < -0.4 is 10.1 Å². The van der Waals surface area contributed by atoms with Gasteiger partial charge in [0.1, 0.15) is 12.4 Å². The molecule has 2 aliphatic heterocycles. The van der Waals surface area contributed by atoms with E-state index in [1.165, 1.54) is 18.7 Å². The summed E-state index contributed by atoms with van der Waals surface area (Å²) in [4.78, 5) is 24.1. The van der Waals surface area contributed by atoms with Gasteiger partial charge in [-0.3, -0.25) is 9.69 Å². The van der Waals surface area contributed by atoms with Crippen molar-refractivity contribution in [3.63, 3.8) is 0 Å². The molecule has 41 heavy (non-hydrogen) atoms. The molecule has 2 aliphatic rings. The van der Waals surface area contributed by atoms with Crippen LogP contribution in [0.1, 0.15) is 26.7 Å². The van der Waals surface area contributed by atoms with Gasteiger partial charge in [0, 0.05) is 55.0 Å². The lowest BCUT2D eigenvalue weighted by Gasteiger charge is -2.26. The van der Waals surface area contributed by atoms with E-state index in [2.05, 4.69) is 30.6 Å². The highest BCUT2D eigenvalue weighted by Gasteiger charge is 2.13. The highest BCUT2D eigenvalue weighted by molar-refractivity contribution is 7.99. The van der Waals surface area contributed by atoms with Crippen LogP contribution in [0.4, 0.5) is 11.5 Å². The van der Waals surface area contributed by atoms with Gasteiger partial charge in [0.15, 0.2) is 11.0 Å². The molecule has 1 amide bonds. The summed E-state index contributed by atoms with van der Waals surface area (Å²) < 4.78 is 16.9. The molecule has 3 heterocycles. The number of fused-ring (bicyclic) bond motifs is 1. The Bertz CT molecular complexity index is 1450. The average Bonchev–Trinajstić information content (AvgIpc) is 2.96. The van der Waals surface area contributed by atoms with Gasteiger partial charge >= 0.3 is 0 Å². The largest absolute Gasteiger partial charge is 0.495 e. The fourth-order valence-electron chi connectivity index (χ4n) is 4.39. The van der Waals surface area contributed by atoms with Crippen LogP contribution in [0.2, 0.25) is 0 Å². The number of rotatable bonds is 10. The quantitative estimate of drug-likeness (QED) is 0.143. The lowest BCUT2D eigenvalue weighted by Crippen LogP contribution is -2.37. The number of nitrogens with one attached hydrogen (secondary N) is 1. The van der Waals surface area contributed by atoms with Gasteiger partial charge in [-0.05, 0) is 72.3 Å². The number of carbonyl (C=O) groups is 1. The van der Waals surface area contributed by atoms with E-state index >= 15 is 0 Å². The van der Waals surface area contributed by atoms with Crippen molar-refractivity contribution in [3.8, 4) is 5.75 Å². The summed E-state index contributed by atoms with van der Waals surface area (Å²) in [6, 6.07) is 13.2. The predicted molar refractivity (Wildman–Crippen MR) is 158 cm³/mol.